The number of anilines is 1. The molecule has 1 fully saturated rings. The first-order valence-corrected chi connectivity index (χ1v) is 14.1. The zero-order valence-electron chi connectivity index (χ0n) is 22.6. The summed E-state index contributed by atoms with van der Waals surface area (Å²) in [7, 11) is 3.70. The average molecular weight is 516 g/mol. The molecule has 36 heavy (non-hydrogen) atoms. The second kappa shape index (κ2) is 12.2. The minimum atomic E-state index is -3.69. The van der Waals surface area contributed by atoms with Gasteiger partial charge >= 0.3 is 0 Å². The van der Waals surface area contributed by atoms with Crippen LogP contribution in [0.2, 0.25) is 0 Å². The monoisotopic (exact) mass is 515 g/mol. The Balaban J connectivity index is 1.49. The summed E-state index contributed by atoms with van der Waals surface area (Å²) in [5.41, 5.74) is 3.63. The Hall–Kier alpha value is -2.42. The van der Waals surface area contributed by atoms with E-state index in [0.29, 0.717) is 35.8 Å². The third kappa shape index (κ3) is 6.87. The molecule has 0 N–H and O–H groups in total. The zero-order valence-corrected chi connectivity index (χ0v) is 23.4. The van der Waals surface area contributed by atoms with Crippen LogP contribution in [0.3, 0.4) is 0 Å². The summed E-state index contributed by atoms with van der Waals surface area (Å²) in [6, 6.07) is 12.6. The van der Waals surface area contributed by atoms with Crippen LogP contribution in [0.25, 0.3) is 0 Å². The summed E-state index contributed by atoms with van der Waals surface area (Å²) in [6.45, 7) is 5.81. The number of hydrogen-bond acceptors (Lipinski definition) is 6. The molecular formula is C28H41N3O4S. The van der Waals surface area contributed by atoms with E-state index in [9.17, 15) is 13.2 Å². The SMILES string of the molecule is COc1cc(C)c(S(=O)(=O)N(C)CCC(=O)CCc2ccc(N3CCC(N(C)C)CC3)cc2)c(C)c1. The number of carbonyl (C=O) groups excluding carboxylic acids is 1. The first-order chi connectivity index (χ1) is 17.0. The number of nitrogens with zero attached hydrogens (tertiary/aromatic N) is 3. The minimum absolute atomic E-state index is 0.0649. The molecule has 3 rings (SSSR count). The number of aryl methyl sites for hydroxylation is 3. The molecular weight excluding hydrogens is 474 g/mol. The second-order valence-electron chi connectivity index (χ2n) is 10.1. The molecule has 2 aromatic carbocycles. The number of hydrogen-bond donors (Lipinski definition) is 0. The predicted molar refractivity (Wildman–Crippen MR) is 146 cm³/mol. The van der Waals surface area contributed by atoms with E-state index in [-0.39, 0.29) is 23.6 Å². The van der Waals surface area contributed by atoms with E-state index < -0.39 is 10.0 Å². The Morgan fingerprint density at radius 3 is 2.11 bits per heavy atom. The van der Waals surface area contributed by atoms with Crippen molar-refractivity contribution in [3.63, 3.8) is 0 Å². The van der Waals surface area contributed by atoms with E-state index in [1.54, 1.807) is 33.1 Å². The van der Waals surface area contributed by atoms with Crippen molar-refractivity contribution in [3.8, 4) is 5.75 Å². The highest BCUT2D eigenvalue weighted by molar-refractivity contribution is 7.89. The summed E-state index contributed by atoms with van der Waals surface area (Å²) in [5, 5.41) is 0. The number of ketones is 1. The lowest BCUT2D eigenvalue weighted by atomic mass is 10.0. The molecule has 7 nitrogen and oxygen atoms in total. The maximum atomic E-state index is 13.1. The van der Waals surface area contributed by atoms with Gasteiger partial charge in [0.1, 0.15) is 11.5 Å². The van der Waals surface area contributed by atoms with Gasteiger partial charge in [-0.25, -0.2) is 12.7 Å². The fraction of sp³-hybridized carbons (Fsp3) is 0.536. The van der Waals surface area contributed by atoms with E-state index >= 15 is 0 Å². The first-order valence-electron chi connectivity index (χ1n) is 12.7. The van der Waals surface area contributed by atoms with Gasteiger partial charge in [-0.1, -0.05) is 12.1 Å². The lowest BCUT2D eigenvalue weighted by molar-refractivity contribution is -0.119. The quantitative estimate of drug-likeness (QED) is 0.450. The fourth-order valence-corrected chi connectivity index (χ4v) is 6.49. The van der Waals surface area contributed by atoms with Crippen LogP contribution in [0.15, 0.2) is 41.3 Å². The second-order valence-corrected chi connectivity index (χ2v) is 12.0. The Kier molecular flexibility index (Phi) is 9.55. The molecule has 0 amide bonds. The van der Waals surface area contributed by atoms with Gasteiger partial charge in [0, 0.05) is 51.3 Å². The van der Waals surface area contributed by atoms with Gasteiger partial charge in [-0.05, 0) is 88.2 Å². The van der Waals surface area contributed by atoms with Gasteiger partial charge in [0.05, 0.1) is 12.0 Å². The summed E-state index contributed by atoms with van der Waals surface area (Å²) in [5.74, 6) is 0.693. The summed E-state index contributed by atoms with van der Waals surface area (Å²) in [6.07, 6.45) is 3.61. The third-order valence-electron chi connectivity index (χ3n) is 7.23. The van der Waals surface area contributed by atoms with Crippen LogP contribution in [0.5, 0.6) is 5.75 Å². The van der Waals surface area contributed by atoms with Gasteiger partial charge in [-0.2, -0.15) is 0 Å². The van der Waals surface area contributed by atoms with Gasteiger partial charge in [0.15, 0.2) is 0 Å². The molecule has 0 radical (unpaired) electrons. The van der Waals surface area contributed by atoms with Gasteiger partial charge in [-0.15, -0.1) is 0 Å². The number of methoxy groups -OCH3 is 1. The third-order valence-corrected chi connectivity index (χ3v) is 9.40. The molecule has 2 aromatic rings. The van der Waals surface area contributed by atoms with Gasteiger partial charge < -0.3 is 14.5 Å². The summed E-state index contributed by atoms with van der Waals surface area (Å²) in [4.78, 5) is 17.6. The van der Waals surface area contributed by atoms with E-state index in [1.165, 1.54) is 29.9 Å². The topological polar surface area (TPSA) is 70.2 Å². The molecule has 1 aliphatic rings. The minimum Gasteiger partial charge on any atom is -0.497 e. The standard InChI is InChI=1S/C28H41N3O4S/c1-21-19-27(35-6)20-22(2)28(21)36(33,34)30(5)16-15-26(32)12-9-23-7-10-25(11-8-23)31-17-13-24(14-18-31)29(3)4/h7-8,10-11,19-20,24H,9,12-18H2,1-6H3. The molecule has 0 saturated carbocycles. The lowest BCUT2D eigenvalue weighted by Gasteiger charge is -2.36. The Bertz CT molecular complexity index is 1110. The van der Waals surface area contributed by atoms with Crippen LogP contribution in [-0.4, -0.2) is 77.3 Å². The van der Waals surface area contributed by atoms with Gasteiger partial charge in [0.25, 0.3) is 0 Å². The number of piperidine rings is 1. The summed E-state index contributed by atoms with van der Waals surface area (Å²) < 4.78 is 32.8. The maximum absolute atomic E-state index is 13.1. The van der Waals surface area contributed by atoms with Crippen LogP contribution >= 0.6 is 0 Å². The van der Waals surface area contributed by atoms with Crippen molar-refractivity contribution in [1.29, 1.82) is 0 Å². The predicted octanol–water partition coefficient (Wildman–Crippen LogP) is 4.05. The van der Waals surface area contributed by atoms with Crippen molar-refractivity contribution in [2.75, 3.05) is 52.8 Å². The highest BCUT2D eigenvalue weighted by atomic mass is 32.2. The molecule has 198 valence electrons. The number of sulfonamides is 1. The lowest BCUT2D eigenvalue weighted by Crippen LogP contribution is -2.41. The van der Waals surface area contributed by atoms with Crippen molar-refractivity contribution in [3.05, 3.63) is 53.1 Å². The molecule has 1 heterocycles. The molecule has 0 bridgehead atoms. The number of carbonyl (C=O) groups is 1. The molecule has 1 aliphatic heterocycles. The first kappa shape index (κ1) is 28.2. The van der Waals surface area contributed by atoms with E-state index in [0.717, 1.165) is 18.7 Å². The number of ether oxygens (including phenoxy) is 1. The van der Waals surface area contributed by atoms with Crippen LogP contribution < -0.4 is 9.64 Å². The molecule has 0 aromatic heterocycles. The number of rotatable bonds is 11. The van der Waals surface area contributed by atoms with Crippen molar-refractivity contribution in [1.82, 2.24) is 9.21 Å². The number of Topliss-reactive ketones (excluding diaryl/α,β-unsaturated/α-hetero) is 1. The molecule has 0 spiro atoms. The van der Waals surface area contributed by atoms with Crippen LogP contribution in [0, 0.1) is 13.8 Å². The average Bonchev–Trinajstić information content (AvgIpc) is 2.85. The molecule has 1 saturated heterocycles. The zero-order chi connectivity index (χ0) is 26.5. The molecule has 8 heteroatoms. The Morgan fingerprint density at radius 1 is 1.00 bits per heavy atom. The van der Waals surface area contributed by atoms with Crippen molar-refractivity contribution >= 4 is 21.5 Å². The van der Waals surface area contributed by atoms with Crippen molar-refractivity contribution in [2.45, 2.75) is 56.9 Å². The van der Waals surface area contributed by atoms with Crippen LogP contribution in [0.1, 0.15) is 42.4 Å². The highest BCUT2D eigenvalue weighted by Crippen LogP contribution is 2.28. The highest BCUT2D eigenvalue weighted by Gasteiger charge is 2.26. The van der Waals surface area contributed by atoms with E-state index in [1.807, 2.05) is 0 Å². The Labute approximate surface area is 217 Å². The van der Waals surface area contributed by atoms with Crippen LogP contribution in [0.4, 0.5) is 5.69 Å². The van der Waals surface area contributed by atoms with Gasteiger partial charge in [-0.3, -0.25) is 4.79 Å². The fourth-order valence-electron chi connectivity index (χ4n) is 4.92. The summed E-state index contributed by atoms with van der Waals surface area (Å²) >= 11 is 0. The molecule has 0 unspecified atom stereocenters. The number of benzene rings is 2. The maximum Gasteiger partial charge on any atom is 0.243 e. The van der Waals surface area contributed by atoms with E-state index in [4.69, 9.17) is 4.74 Å². The molecule has 0 atom stereocenters. The normalized spacial score (nSPS) is 15.1. The van der Waals surface area contributed by atoms with Crippen molar-refractivity contribution < 1.29 is 17.9 Å². The van der Waals surface area contributed by atoms with Crippen LogP contribution in [-0.2, 0) is 21.2 Å². The Morgan fingerprint density at radius 2 is 1.58 bits per heavy atom. The largest absolute Gasteiger partial charge is 0.497 e. The van der Waals surface area contributed by atoms with Crippen molar-refractivity contribution in [2.24, 2.45) is 0 Å². The smallest absolute Gasteiger partial charge is 0.243 e. The molecule has 0 aliphatic carbocycles. The van der Waals surface area contributed by atoms with Gasteiger partial charge in [0.2, 0.25) is 10.0 Å². The van der Waals surface area contributed by atoms with E-state index in [2.05, 4.69) is 48.2 Å².